The Morgan fingerprint density at radius 1 is 0.596 bits per heavy atom. The Morgan fingerprint density at radius 2 is 1.05 bits per heavy atom. The highest BCUT2D eigenvalue weighted by molar-refractivity contribution is 5.83. The molecule has 0 spiro atoms. The molecule has 10 heteroatoms. The monoisotopic (exact) mass is 760 g/mol. The lowest BCUT2D eigenvalue weighted by Gasteiger charge is -2.31. The van der Waals surface area contributed by atoms with E-state index in [1.54, 1.807) is 0 Å². The molecule has 2 aromatic carbocycles. The van der Waals surface area contributed by atoms with Crippen molar-refractivity contribution in [1.29, 1.82) is 0 Å². The summed E-state index contributed by atoms with van der Waals surface area (Å²) in [6.45, 7) is 11.8. The molecule has 2 aliphatic heterocycles. The lowest BCUT2D eigenvalue weighted by atomic mass is 9.89. The van der Waals surface area contributed by atoms with Crippen LogP contribution in [0.25, 0.3) is 55.5 Å². The van der Waals surface area contributed by atoms with Crippen molar-refractivity contribution < 1.29 is 8.83 Å². The van der Waals surface area contributed by atoms with Crippen molar-refractivity contribution >= 4 is 33.2 Å². The van der Waals surface area contributed by atoms with Crippen LogP contribution in [0.15, 0.2) is 116 Å². The molecule has 57 heavy (non-hydrogen) atoms. The highest BCUT2D eigenvalue weighted by atomic mass is 16.4. The van der Waals surface area contributed by atoms with Crippen molar-refractivity contribution in [2.75, 3.05) is 39.8 Å². The minimum Gasteiger partial charge on any atom is -0.422 e. The van der Waals surface area contributed by atoms with E-state index in [2.05, 4.69) is 70.1 Å². The third-order valence-electron chi connectivity index (χ3n) is 12.0. The lowest BCUT2D eigenvalue weighted by molar-refractivity contribution is 0.222. The molecule has 8 heterocycles. The maximum atomic E-state index is 12.7. The van der Waals surface area contributed by atoms with Gasteiger partial charge in [-0.25, -0.2) is 19.6 Å². The summed E-state index contributed by atoms with van der Waals surface area (Å²) in [7, 11) is 2.17. The molecule has 0 aliphatic carbocycles. The van der Waals surface area contributed by atoms with Gasteiger partial charge >= 0.3 is 11.3 Å². The third kappa shape index (κ3) is 7.55. The zero-order chi connectivity index (χ0) is 39.2. The van der Waals surface area contributed by atoms with Gasteiger partial charge in [-0.15, -0.1) is 0 Å². The zero-order valence-corrected chi connectivity index (χ0v) is 33.1. The Hall–Kier alpha value is -5.84. The normalized spacial score (nSPS) is 16.1. The molecule has 0 amide bonds. The predicted molar refractivity (Wildman–Crippen MR) is 226 cm³/mol. The maximum Gasteiger partial charge on any atom is 0.344 e. The molecule has 10 nitrogen and oxygen atoms in total. The second-order valence-corrected chi connectivity index (χ2v) is 15.9. The molecule has 6 aromatic heterocycles. The summed E-state index contributed by atoms with van der Waals surface area (Å²) in [6, 6.07) is 24.2. The number of hydrogen-bond donors (Lipinski definition) is 0. The van der Waals surface area contributed by atoms with E-state index in [-0.39, 0.29) is 11.3 Å². The van der Waals surface area contributed by atoms with Crippen LogP contribution in [0.3, 0.4) is 0 Å². The van der Waals surface area contributed by atoms with Gasteiger partial charge in [0.25, 0.3) is 0 Å². The Balaban J connectivity index is 0.000000148. The number of aryl methyl sites for hydroxylation is 2. The minimum absolute atomic E-state index is 0.299. The maximum absolute atomic E-state index is 12.7. The first-order valence-corrected chi connectivity index (χ1v) is 20.2. The van der Waals surface area contributed by atoms with Crippen LogP contribution < -0.4 is 11.3 Å². The van der Waals surface area contributed by atoms with E-state index in [9.17, 15) is 9.59 Å². The molecule has 0 bridgehead atoms. The van der Waals surface area contributed by atoms with Crippen LogP contribution in [0.1, 0.15) is 67.0 Å². The Labute approximate surface area is 331 Å². The summed E-state index contributed by atoms with van der Waals surface area (Å²) in [5.41, 5.74) is 9.75. The number of aromatic nitrogens is 4. The summed E-state index contributed by atoms with van der Waals surface area (Å²) in [6.07, 6.45) is 12.4. The van der Waals surface area contributed by atoms with E-state index < -0.39 is 0 Å². The molecule has 0 saturated carbocycles. The van der Waals surface area contributed by atoms with E-state index in [4.69, 9.17) is 8.83 Å². The first-order chi connectivity index (χ1) is 27.7. The average Bonchev–Trinajstić information content (AvgIpc) is 3.80. The molecule has 0 radical (unpaired) electrons. The number of fused-ring (bicyclic) bond motifs is 4. The molecule has 8 aromatic rings. The van der Waals surface area contributed by atoms with Gasteiger partial charge in [0, 0.05) is 46.7 Å². The topological polar surface area (TPSA) is 101 Å². The summed E-state index contributed by atoms with van der Waals surface area (Å²) in [5, 5.41) is 1.91. The SMILES string of the molecule is CCN1CCC(c2ccc3cc(-c4ccc5nc(C)cn5c4)c(=O)oc3c2)CC1.Cc1cn2cc(-c3cc4ccc(C5CCN(C)CC5)cc4oc3=O)ccc2n1. The van der Waals surface area contributed by atoms with E-state index in [0.29, 0.717) is 34.1 Å². The first kappa shape index (κ1) is 36.8. The van der Waals surface area contributed by atoms with Crippen LogP contribution in [0.2, 0.25) is 0 Å². The van der Waals surface area contributed by atoms with Crippen molar-refractivity contribution in [2.45, 2.75) is 58.3 Å². The largest absolute Gasteiger partial charge is 0.422 e. The fourth-order valence-corrected chi connectivity index (χ4v) is 8.65. The molecule has 0 atom stereocenters. The van der Waals surface area contributed by atoms with E-state index in [1.807, 2.05) is 83.8 Å². The number of rotatable bonds is 5. The fourth-order valence-electron chi connectivity index (χ4n) is 8.65. The minimum atomic E-state index is -0.302. The van der Waals surface area contributed by atoms with Crippen molar-refractivity contribution in [3.05, 3.63) is 141 Å². The molecular weight excluding hydrogens is 713 g/mol. The van der Waals surface area contributed by atoms with Gasteiger partial charge in [-0.3, -0.25) is 0 Å². The lowest BCUT2D eigenvalue weighted by Crippen LogP contribution is -2.32. The number of likely N-dealkylation sites (tertiary alicyclic amines) is 2. The number of pyridine rings is 2. The standard InChI is InChI=1S/C24H25N3O2.C23H23N3O2/c1-3-26-10-8-17(9-11-26)18-4-5-19-12-21(24(28)29-22(19)13-18)20-6-7-23-25-16(2)14-27(23)15-20;1-15-13-26-14-19(5-6-22(26)24-15)20-11-18-4-3-17(12-21(18)28-23(20)27)16-7-9-25(2)10-8-16/h4-7,12-15,17H,3,8-11H2,1-2H3;3-6,11-14,16H,7-10H2,1-2H3. The molecular formula is C47H48N6O4. The molecule has 0 N–H and O–H groups in total. The second kappa shape index (κ2) is 15.2. The van der Waals surface area contributed by atoms with Gasteiger partial charge in [0.1, 0.15) is 22.5 Å². The fraction of sp³-hybridized carbons (Fsp3) is 0.319. The number of nitrogens with zero attached hydrogens (tertiary/aromatic N) is 6. The molecule has 2 aliphatic rings. The van der Waals surface area contributed by atoms with E-state index in [1.165, 1.54) is 11.1 Å². The summed E-state index contributed by atoms with van der Waals surface area (Å²) in [5.74, 6) is 1.08. The van der Waals surface area contributed by atoms with Crippen molar-refractivity contribution in [3.63, 3.8) is 0 Å². The van der Waals surface area contributed by atoms with Gasteiger partial charge in [-0.1, -0.05) is 31.2 Å². The van der Waals surface area contributed by atoms with Crippen molar-refractivity contribution in [2.24, 2.45) is 0 Å². The smallest absolute Gasteiger partial charge is 0.344 e. The Bertz CT molecular complexity index is 2870. The molecule has 10 rings (SSSR count). The van der Waals surface area contributed by atoms with Crippen LogP contribution in [0.5, 0.6) is 0 Å². The summed E-state index contributed by atoms with van der Waals surface area (Å²) >= 11 is 0. The van der Waals surface area contributed by atoms with Crippen molar-refractivity contribution in [1.82, 2.24) is 28.6 Å². The van der Waals surface area contributed by atoms with Gasteiger partial charge in [-0.05, 0) is 151 Å². The zero-order valence-electron chi connectivity index (χ0n) is 33.1. The van der Waals surface area contributed by atoms with Gasteiger partial charge in [0.05, 0.1) is 22.5 Å². The third-order valence-corrected chi connectivity index (χ3v) is 12.0. The van der Waals surface area contributed by atoms with Gasteiger partial charge in [-0.2, -0.15) is 0 Å². The number of imidazole rings is 2. The molecule has 2 fully saturated rings. The molecule has 290 valence electrons. The van der Waals surface area contributed by atoms with Crippen LogP contribution in [0.4, 0.5) is 0 Å². The van der Waals surface area contributed by atoms with Gasteiger partial charge in [0.15, 0.2) is 0 Å². The predicted octanol–water partition coefficient (Wildman–Crippen LogP) is 8.84. The summed E-state index contributed by atoms with van der Waals surface area (Å²) < 4.78 is 15.4. The van der Waals surface area contributed by atoms with E-state index in [0.717, 1.165) is 103 Å². The highest BCUT2D eigenvalue weighted by Crippen LogP contribution is 2.32. The summed E-state index contributed by atoms with van der Waals surface area (Å²) in [4.78, 5) is 39.2. The molecule has 0 unspecified atom stereocenters. The quantitative estimate of drug-likeness (QED) is 0.161. The number of benzene rings is 2. The van der Waals surface area contributed by atoms with E-state index >= 15 is 0 Å². The van der Waals surface area contributed by atoms with Gasteiger partial charge < -0.3 is 27.4 Å². The van der Waals surface area contributed by atoms with Crippen LogP contribution in [-0.4, -0.2) is 68.3 Å². The van der Waals surface area contributed by atoms with Crippen LogP contribution in [-0.2, 0) is 0 Å². The van der Waals surface area contributed by atoms with Crippen LogP contribution in [0, 0.1) is 13.8 Å². The first-order valence-electron chi connectivity index (χ1n) is 20.2. The van der Waals surface area contributed by atoms with Crippen LogP contribution >= 0.6 is 0 Å². The Morgan fingerprint density at radius 3 is 1.51 bits per heavy atom. The Kier molecular flexibility index (Phi) is 9.84. The van der Waals surface area contributed by atoms with Crippen molar-refractivity contribution in [3.8, 4) is 22.3 Å². The number of hydrogen-bond acceptors (Lipinski definition) is 8. The highest BCUT2D eigenvalue weighted by Gasteiger charge is 2.21. The number of piperidine rings is 2. The molecule has 2 saturated heterocycles. The average molecular weight is 761 g/mol. The van der Waals surface area contributed by atoms with Gasteiger partial charge in [0.2, 0.25) is 0 Å². The second-order valence-electron chi connectivity index (χ2n) is 15.9.